The van der Waals surface area contributed by atoms with E-state index in [0.717, 1.165) is 4.31 Å². The van der Waals surface area contributed by atoms with Gasteiger partial charge < -0.3 is 11.1 Å². The quantitative estimate of drug-likeness (QED) is 0.807. The highest BCUT2D eigenvalue weighted by molar-refractivity contribution is 7.89. The summed E-state index contributed by atoms with van der Waals surface area (Å²) in [7, 11) is -0.598. The second-order valence-electron chi connectivity index (χ2n) is 3.71. The van der Waals surface area contributed by atoms with Crippen molar-refractivity contribution in [2.75, 3.05) is 37.4 Å². The molecular weight excluding hydrogens is 266 g/mol. The number of nitrogen functional groups attached to an aromatic ring is 1. The Kier molecular flexibility index (Phi) is 4.41. The fourth-order valence-electron chi connectivity index (χ4n) is 1.09. The van der Waals surface area contributed by atoms with Crippen LogP contribution < -0.4 is 11.1 Å². The van der Waals surface area contributed by atoms with E-state index >= 15 is 0 Å². The van der Waals surface area contributed by atoms with Crippen molar-refractivity contribution in [1.29, 1.82) is 0 Å². The average Bonchev–Trinajstić information content (AvgIpc) is 2.25. The molecule has 0 aromatic carbocycles. The molecule has 0 unspecified atom stereocenters. The van der Waals surface area contributed by atoms with Gasteiger partial charge in [0.15, 0.2) is 23.3 Å². The van der Waals surface area contributed by atoms with Crippen LogP contribution in [-0.2, 0) is 10.0 Å². The number of nitrogens with two attached hydrogens (primary N) is 1. The van der Waals surface area contributed by atoms with Crippen molar-refractivity contribution in [3.05, 3.63) is 17.7 Å². The number of rotatable bonds is 5. The summed E-state index contributed by atoms with van der Waals surface area (Å²) in [5.41, 5.74) is 5.18. The maximum absolute atomic E-state index is 13.2. The van der Waals surface area contributed by atoms with Gasteiger partial charge in [0.05, 0.1) is 5.75 Å². The van der Waals surface area contributed by atoms with Crippen LogP contribution in [0.25, 0.3) is 0 Å². The molecule has 1 heterocycles. The lowest BCUT2D eigenvalue weighted by Crippen LogP contribution is -2.28. The van der Waals surface area contributed by atoms with Crippen molar-refractivity contribution in [2.45, 2.75) is 0 Å². The number of nitrogens with zero attached hydrogens (tertiary/aromatic N) is 2. The third-order valence-corrected chi connectivity index (χ3v) is 4.00. The predicted molar refractivity (Wildman–Crippen MR) is 64.5 cm³/mol. The van der Waals surface area contributed by atoms with Crippen LogP contribution in [0.15, 0.2) is 6.07 Å². The summed E-state index contributed by atoms with van der Waals surface area (Å²) in [6.45, 7) is -0.0600. The molecule has 0 amide bonds. The van der Waals surface area contributed by atoms with Crippen LogP contribution in [0.3, 0.4) is 0 Å². The van der Waals surface area contributed by atoms with Gasteiger partial charge >= 0.3 is 0 Å². The van der Waals surface area contributed by atoms with E-state index in [1.807, 2.05) is 0 Å². The molecular formula is C9H14F2N4O2S. The minimum absolute atomic E-state index is 0.0600. The van der Waals surface area contributed by atoms with E-state index in [1.54, 1.807) is 0 Å². The Hall–Kier alpha value is -1.48. The second kappa shape index (κ2) is 5.44. The van der Waals surface area contributed by atoms with E-state index in [2.05, 4.69) is 10.3 Å². The van der Waals surface area contributed by atoms with Crippen LogP contribution in [0.5, 0.6) is 0 Å². The molecule has 0 saturated heterocycles. The number of sulfonamides is 1. The van der Waals surface area contributed by atoms with Gasteiger partial charge in [-0.2, -0.15) is 0 Å². The van der Waals surface area contributed by atoms with Gasteiger partial charge in [-0.05, 0) is 0 Å². The van der Waals surface area contributed by atoms with E-state index in [-0.39, 0.29) is 18.1 Å². The smallest absolute Gasteiger partial charge is 0.215 e. The highest BCUT2D eigenvalue weighted by atomic mass is 32.2. The Morgan fingerprint density at radius 2 is 2.00 bits per heavy atom. The zero-order chi connectivity index (χ0) is 13.9. The van der Waals surface area contributed by atoms with Gasteiger partial charge in [-0.3, -0.25) is 0 Å². The van der Waals surface area contributed by atoms with Crippen LogP contribution >= 0.6 is 0 Å². The van der Waals surface area contributed by atoms with Gasteiger partial charge in [-0.15, -0.1) is 0 Å². The molecule has 0 aliphatic carbocycles. The third-order valence-electron chi connectivity index (χ3n) is 2.17. The van der Waals surface area contributed by atoms with Crippen molar-refractivity contribution in [2.24, 2.45) is 0 Å². The van der Waals surface area contributed by atoms with Gasteiger partial charge in [0.1, 0.15) is 0 Å². The maximum atomic E-state index is 13.2. The normalized spacial score (nSPS) is 11.8. The summed E-state index contributed by atoms with van der Waals surface area (Å²) in [4.78, 5) is 3.44. The standard InChI is InChI=1S/C9H14F2N4O2S/c1-15(2)18(16,17)4-3-13-9-7(11)5-6(10)8(12)14-9/h5H,3-4H2,1-2H3,(H3,12,13,14). The van der Waals surface area contributed by atoms with Crippen LogP contribution in [0.2, 0.25) is 0 Å². The van der Waals surface area contributed by atoms with Gasteiger partial charge in [-0.1, -0.05) is 0 Å². The minimum atomic E-state index is -3.38. The molecule has 1 rings (SSSR count). The number of hydrogen-bond donors (Lipinski definition) is 2. The molecule has 0 spiro atoms. The Morgan fingerprint density at radius 1 is 1.39 bits per heavy atom. The lowest BCUT2D eigenvalue weighted by molar-refractivity contribution is 0.521. The Balaban J connectivity index is 2.68. The lowest BCUT2D eigenvalue weighted by atomic mass is 10.4. The summed E-state index contributed by atoms with van der Waals surface area (Å²) in [5.74, 6) is -2.85. The molecule has 1 aromatic heterocycles. The van der Waals surface area contributed by atoms with E-state index in [9.17, 15) is 17.2 Å². The first-order valence-corrected chi connectivity index (χ1v) is 6.60. The molecule has 102 valence electrons. The molecule has 0 fully saturated rings. The minimum Gasteiger partial charge on any atom is -0.381 e. The Morgan fingerprint density at radius 3 is 2.56 bits per heavy atom. The summed E-state index contributed by atoms with van der Waals surface area (Å²) < 4.78 is 49.9. The fraction of sp³-hybridized carbons (Fsp3) is 0.444. The van der Waals surface area contributed by atoms with Crippen LogP contribution in [-0.4, -0.2) is 44.1 Å². The highest BCUT2D eigenvalue weighted by Crippen LogP contribution is 2.16. The molecule has 6 nitrogen and oxygen atoms in total. The van der Waals surface area contributed by atoms with E-state index < -0.39 is 27.5 Å². The number of anilines is 2. The zero-order valence-electron chi connectivity index (χ0n) is 9.94. The van der Waals surface area contributed by atoms with E-state index in [0.29, 0.717) is 6.07 Å². The zero-order valence-corrected chi connectivity index (χ0v) is 10.8. The average molecular weight is 280 g/mol. The summed E-state index contributed by atoms with van der Waals surface area (Å²) in [5, 5.41) is 2.45. The van der Waals surface area contributed by atoms with Crippen molar-refractivity contribution < 1.29 is 17.2 Å². The third kappa shape index (κ3) is 3.50. The van der Waals surface area contributed by atoms with Gasteiger partial charge in [0, 0.05) is 26.7 Å². The number of halogens is 2. The second-order valence-corrected chi connectivity index (χ2v) is 6.01. The summed E-state index contributed by atoms with van der Waals surface area (Å²) in [6.07, 6.45) is 0. The van der Waals surface area contributed by atoms with Crippen LogP contribution in [0.1, 0.15) is 0 Å². The molecule has 0 aliphatic heterocycles. The number of hydrogen-bond acceptors (Lipinski definition) is 5. The molecule has 9 heteroatoms. The number of aromatic nitrogens is 1. The molecule has 0 saturated carbocycles. The molecule has 0 radical (unpaired) electrons. The molecule has 0 bridgehead atoms. The SMILES string of the molecule is CN(C)S(=O)(=O)CCNc1nc(N)c(F)cc1F. The first-order valence-electron chi connectivity index (χ1n) is 4.99. The van der Waals surface area contributed by atoms with E-state index in [4.69, 9.17) is 5.73 Å². The maximum Gasteiger partial charge on any atom is 0.215 e. The van der Waals surface area contributed by atoms with Gasteiger partial charge in [0.25, 0.3) is 0 Å². The molecule has 1 aromatic rings. The topological polar surface area (TPSA) is 88.3 Å². The van der Waals surface area contributed by atoms with Gasteiger partial charge in [0.2, 0.25) is 10.0 Å². The van der Waals surface area contributed by atoms with Crippen molar-refractivity contribution in [1.82, 2.24) is 9.29 Å². The Labute approximate surface area is 104 Å². The van der Waals surface area contributed by atoms with Gasteiger partial charge in [-0.25, -0.2) is 26.5 Å². The van der Waals surface area contributed by atoms with Crippen molar-refractivity contribution in [3.63, 3.8) is 0 Å². The summed E-state index contributed by atoms with van der Waals surface area (Å²) in [6, 6.07) is 0.588. The Bertz CT molecular complexity index is 534. The van der Waals surface area contributed by atoms with Crippen molar-refractivity contribution in [3.8, 4) is 0 Å². The van der Waals surface area contributed by atoms with Crippen molar-refractivity contribution >= 4 is 21.7 Å². The molecule has 3 N–H and O–H groups in total. The molecule has 18 heavy (non-hydrogen) atoms. The van der Waals surface area contributed by atoms with Crippen LogP contribution in [0, 0.1) is 11.6 Å². The molecule has 0 aliphatic rings. The lowest BCUT2D eigenvalue weighted by Gasteiger charge is -2.12. The van der Waals surface area contributed by atoms with E-state index in [1.165, 1.54) is 14.1 Å². The monoisotopic (exact) mass is 280 g/mol. The fourth-order valence-corrected chi connectivity index (χ4v) is 1.81. The highest BCUT2D eigenvalue weighted by Gasteiger charge is 2.14. The predicted octanol–water partition coefficient (Wildman–Crippen LogP) is 0.245. The summed E-state index contributed by atoms with van der Waals surface area (Å²) >= 11 is 0. The first kappa shape index (κ1) is 14.6. The van der Waals surface area contributed by atoms with Crippen LogP contribution in [0.4, 0.5) is 20.4 Å². The number of pyridine rings is 1. The largest absolute Gasteiger partial charge is 0.381 e. The molecule has 0 atom stereocenters. The number of nitrogens with one attached hydrogen (secondary N) is 1. The first-order chi connectivity index (χ1) is 8.24.